The number of amides is 1. The van der Waals surface area contributed by atoms with Crippen LogP contribution >= 0.6 is 0 Å². The van der Waals surface area contributed by atoms with Crippen LogP contribution in [-0.4, -0.2) is 30.5 Å². The second kappa shape index (κ2) is 7.53. The first-order chi connectivity index (χ1) is 13.2. The van der Waals surface area contributed by atoms with E-state index in [0.29, 0.717) is 30.9 Å². The van der Waals surface area contributed by atoms with Crippen molar-refractivity contribution in [2.45, 2.75) is 31.9 Å². The number of hydrogen-bond donors (Lipinski definition) is 0. The van der Waals surface area contributed by atoms with E-state index in [0.717, 1.165) is 29.4 Å². The van der Waals surface area contributed by atoms with Crippen LogP contribution in [0.2, 0.25) is 0 Å². The number of furan rings is 1. The number of carbonyl (C=O) groups is 1. The van der Waals surface area contributed by atoms with Crippen molar-refractivity contribution in [3.8, 4) is 0 Å². The Bertz CT molecular complexity index is 961. The molecule has 0 spiro atoms. The molecule has 0 bridgehead atoms. The van der Waals surface area contributed by atoms with Gasteiger partial charge in [-0.25, -0.2) is 4.39 Å². The zero-order chi connectivity index (χ0) is 18.8. The van der Waals surface area contributed by atoms with Crippen LogP contribution in [0.3, 0.4) is 0 Å². The molecule has 0 radical (unpaired) electrons. The summed E-state index contributed by atoms with van der Waals surface area (Å²) in [5.74, 6) is -0.0159. The Kier molecular flexibility index (Phi) is 4.94. The number of halogens is 1. The largest absolute Gasteiger partial charge is 0.451 e. The molecule has 2 aromatic carbocycles. The van der Waals surface area contributed by atoms with Gasteiger partial charge in [-0.3, -0.25) is 4.79 Å². The standard InChI is InChI=1S/C22H22FNO3/c1-26-14-19-18-7-2-3-8-20(18)27-21(19)22(25)24(17-9-10-17)12-11-15-5-4-6-16(23)13-15/h2-8,13,17H,9-12,14H2,1H3. The molecule has 5 heteroatoms. The van der Waals surface area contributed by atoms with E-state index >= 15 is 0 Å². The van der Waals surface area contributed by atoms with Gasteiger partial charge in [0.1, 0.15) is 11.4 Å². The Hall–Kier alpha value is -2.66. The predicted octanol–water partition coefficient (Wildman–Crippen LogP) is 4.57. The maximum absolute atomic E-state index is 13.4. The van der Waals surface area contributed by atoms with Crippen molar-refractivity contribution in [3.05, 3.63) is 71.2 Å². The second-order valence-corrected chi connectivity index (χ2v) is 6.95. The summed E-state index contributed by atoms with van der Waals surface area (Å²) in [6.45, 7) is 0.858. The molecule has 27 heavy (non-hydrogen) atoms. The third-order valence-electron chi connectivity index (χ3n) is 4.96. The molecular weight excluding hydrogens is 345 g/mol. The maximum Gasteiger partial charge on any atom is 0.290 e. The summed E-state index contributed by atoms with van der Waals surface area (Å²) in [6.07, 6.45) is 2.60. The van der Waals surface area contributed by atoms with E-state index in [-0.39, 0.29) is 17.8 Å². The predicted molar refractivity (Wildman–Crippen MR) is 101 cm³/mol. The maximum atomic E-state index is 13.4. The van der Waals surface area contributed by atoms with Gasteiger partial charge in [0.05, 0.1) is 6.61 Å². The molecule has 1 aromatic heterocycles. The summed E-state index contributed by atoms with van der Waals surface area (Å²) >= 11 is 0. The highest BCUT2D eigenvalue weighted by molar-refractivity contribution is 5.99. The van der Waals surface area contributed by atoms with Crippen molar-refractivity contribution < 1.29 is 18.3 Å². The van der Waals surface area contributed by atoms with E-state index in [1.165, 1.54) is 12.1 Å². The minimum Gasteiger partial charge on any atom is -0.451 e. The van der Waals surface area contributed by atoms with Gasteiger partial charge in [-0.2, -0.15) is 0 Å². The van der Waals surface area contributed by atoms with Crippen LogP contribution in [0.4, 0.5) is 4.39 Å². The highest BCUT2D eigenvalue weighted by atomic mass is 19.1. The monoisotopic (exact) mass is 367 g/mol. The van der Waals surface area contributed by atoms with Crippen LogP contribution in [-0.2, 0) is 17.8 Å². The molecule has 1 amide bonds. The first-order valence-electron chi connectivity index (χ1n) is 9.22. The number of hydrogen-bond acceptors (Lipinski definition) is 3. The quantitative estimate of drug-likeness (QED) is 0.615. The lowest BCUT2D eigenvalue weighted by Gasteiger charge is -2.22. The summed E-state index contributed by atoms with van der Waals surface area (Å²) in [6, 6.07) is 14.4. The van der Waals surface area contributed by atoms with Crippen molar-refractivity contribution in [3.63, 3.8) is 0 Å². The lowest BCUT2D eigenvalue weighted by atomic mass is 10.1. The molecule has 1 aliphatic rings. The Morgan fingerprint density at radius 2 is 2.04 bits per heavy atom. The van der Waals surface area contributed by atoms with Gasteiger partial charge in [0, 0.05) is 30.6 Å². The number of methoxy groups -OCH3 is 1. The third kappa shape index (κ3) is 3.74. The SMILES string of the molecule is COCc1c(C(=O)N(CCc2cccc(F)c2)C2CC2)oc2ccccc12. The second-order valence-electron chi connectivity index (χ2n) is 6.95. The minimum atomic E-state index is -0.253. The Labute approximate surface area is 157 Å². The van der Waals surface area contributed by atoms with Crippen molar-refractivity contribution in [2.24, 2.45) is 0 Å². The summed E-state index contributed by atoms with van der Waals surface area (Å²) in [5, 5.41) is 0.906. The van der Waals surface area contributed by atoms with Crippen LogP contribution in [0.25, 0.3) is 11.0 Å². The van der Waals surface area contributed by atoms with Crippen LogP contribution in [0.1, 0.15) is 34.5 Å². The molecule has 0 saturated heterocycles. The fraction of sp³-hybridized carbons (Fsp3) is 0.318. The Balaban J connectivity index is 1.61. The van der Waals surface area contributed by atoms with Crippen molar-refractivity contribution in [2.75, 3.05) is 13.7 Å². The number of benzene rings is 2. The molecule has 1 heterocycles. The number of ether oxygens (including phenoxy) is 1. The number of para-hydroxylation sites is 1. The Morgan fingerprint density at radius 3 is 2.78 bits per heavy atom. The molecule has 0 atom stereocenters. The van der Waals surface area contributed by atoms with Crippen LogP contribution < -0.4 is 0 Å². The van der Waals surface area contributed by atoms with Crippen LogP contribution in [0, 0.1) is 5.82 Å². The summed E-state index contributed by atoms with van der Waals surface area (Å²) in [4.78, 5) is 15.1. The zero-order valence-electron chi connectivity index (χ0n) is 15.3. The third-order valence-corrected chi connectivity index (χ3v) is 4.96. The minimum absolute atomic E-state index is 0.114. The molecule has 4 nitrogen and oxygen atoms in total. The van der Waals surface area contributed by atoms with Gasteiger partial charge in [-0.05, 0) is 43.0 Å². The number of carbonyl (C=O) groups excluding carboxylic acids is 1. The van der Waals surface area contributed by atoms with E-state index in [2.05, 4.69) is 0 Å². The van der Waals surface area contributed by atoms with Gasteiger partial charge in [-0.1, -0.05) is 30.3 Å². The van der Waals surface area contributed by atoms with Gasteiger partial charge in [-0.15, -0.1) is 0 Å². The average Bonchev–Trinajstić information content (AvgIpc) is 3.44. The van der Waals surface area contributed by atoms with Gasteiger partial charge in [0.2, 0.25) is 0 Å². The first-order valence-corrected chi connectivity index (χ1v) is 9.22. The highest BCUT2D eigenvalue weighted by Gasteiger charge is 2.35. The lowest BCUT2D eigenvalue weighted by molar-refractivity contribution is 0.0708. The Morgan fingerprint density at radius 1 is 1.22 bits per heavy atom. The fourth-order valence-corrected chi connectivity index (χ4v) is 3.47. The molecule has 4 rings (SSSR count). The molecule has 0 unspecified atom stereocenters. The number of fused-ring (bicyclic) bond motifs is 1. The van der Waals surface area contributed by atoms with Gasteiger partial charge in [0.15, 0.2) is 5.76 Å². The van der Waals surface area contributed by atoms with E-state index in [4.69, 9.17) is 9.15 Å². The topological polar surface area (TPSA) is 42.7 Å². The van der Waals surface area contributed by atoms with Gasteiger partial charge >= 0.3 is 0 Å². The zero-order valence-corrected chi connectivity index (χ0v) is 15.3. The van der Waals surface area contributed by atoms with E-state index < -0.39 is 0 Å². The molecule has 0 N–H and O–H groups in total. The van der Waals surface area contributed by atoms with Crippen LogP contribution in [0.5, 0.6) is 0 Å². The molecule has 3 aromatic rings. The van der Waals surface area contributed by atoms with Gasteiger partial charge in [0.25, 0.3) is 5.91 Å². The molecule has 1 aliphatic carbocycles. The number of nitrogens with zero attached hydrogens (tertiary/aromatic N) is 1. The van der Waals surface area contributed by atoms with Crippen molar-refractivity contribution in [1.82, 2.24) is 4.90 Å². The fourth-order valence-electron chi connectivity index (χ4n) is 3.47. The molecule has 1 fully saturated rings. The van der Waals surface area contributed by atoms with E-state index in [1.54, 1.807) is 13.2 Å². The average molecular weight is 367 g/mol. The summed E-state index contributed by atoms with van der Waals surface area (Å²) < 4.78 is 24.7. The lowest BCUT2D eigenvalue weighted by Crippen LogP contribution is -2.35. The van der Waals surface area contributed by atoms with E-state index in [1.807, 2.05) is 35.2 Å². The van der Waals surface area contributed by atoms with Crippen LogP contribution in [0.15, 0.2) is 52.9 Å². The normalized spacial score (nSPS) is 13.9. The van der Waals surface area contributed by atoms with Crippen molar-refractivity contribution >= 4 is 16.9 Å². The number of rotatable bonds is 7. The molecule has 140 valence electrons. The summed E-state index contributed by atoms with van der Waals surface area (Å²) in [7, 11) is 1.61. The molecule has 0 aliphatic heterocycles. The smallest absolute Gasteiger partial charge is 0.290 e. The summed E-state index contributed by atoms with van der Waals surface area (Å²) in [5.41, 5.74) is 2.36. The van der Waals surface area contributed by atoms with Gasteiger partial charge < -0.3 is 14.1 Å². The van der Waals surface area contributed by atoms with E-state index in [9.17, 15) is 9.18 Å². The highest BCUT2D eigenvalue weighted by Crippen LogP contribution is 2.32. The molecular formula is C22H22FNO3. The first kappa shape index (κ1) is 17.7. The van der Waals surface area contributed by atoms with Crippen molar-refractivity contribution in [1.29, 1.82) is 0 Å². The molecule has 1 saturated carbocycles.